The summed E-state index contributed by atoms with van der Waals surface area (Å²) in [5, 5.41) is 14.1. The van der Waals surface area contributed by atoms with E-state index in [-0.39, 0.29) is 0 Å². The summed E-state index contributed by atoms with van der Waals surface area (Å²) < 4.78 is 0. The average molecular weight is 229 g/mol. The lowest BCUT2D eigenvalue weighted by Crippen LogP contribution is -1.91. The molecule has 1 aromatic heterocycles. The lowest BCUT2D eigenvalue weighted by atomic mass is 10.3. The molecule has 0 atom stereocenters. The molecule has 0 radical (unpaired) electrons. The summed E-state index contributed by atoms with van der Waals surface area (Å²) in [7, 11) is 0. The highest BCUT2D eigenvalue weighted by atomic mass is 35.5. The van der Waals surface area contributed by atoms with Crippen LogP contribution in [0.5, 0.6) is 0 Å². The molecule has 0 unspecified atom stereocenters. The Hall–Kier alpha value is -1.26. The molecule has 0 saturated heterocycles. The Bertz CT molecular complexity index is 427. The summed E-state index contributed by atoms with van der Waals surface area (Å²) in [6, 6.07) is 5.16. The summed E-state index contributed by atoms with van der Waals surface area (Å²) in [6.07, 6.45) is 1.55. The molecule has 2 N–H and O–H groups in total. The molecule has 0 aliphatic carbocycles. The van der Waals surface area contributed by atoms with Gasteiger partial charge in [-0.15, -0.1) is 5.10 Å². The maximum absolute atomic E-state index is 5.93. The van der Waals surface area contributed by atoms with Crippen molar-refractivity contribution in [2.45, 2.75) is 0 Å². The zero-order valence-electron chi connectivity index (χ0n) is 6.96. The number of nitrogens with zero attached hydrogens (tertiary/aromatic N) is 2. The molecule has 0 amide bonds. The van der Waals surface area contributed by atoms with Gasteiger partial charge in [0, 0.05) is 5.02 Å². The zero-order chi connectivity index (χ0) is 9.97. The number of anilines is 2. The van der Waals surface area contributed by atoms with Gasteiger partial charge in [0.25, 0.3) is 0 Å². The van der Waals surface area contributed by atoms with Crippen LogP contribution in [0.2, 0.25) is 10.0 Å². The first kappa shape index (κ1) is 9.30. The van der Waals surface area contributed by atoms with Gasteiger partial charge in [-0.1, -0.05) is 23.2 Å². The Morgan fingerprint density at radius 3 is 2.86 bits per heavy atom. The van der Waals surface area contributed by atoms with E-state index in [0.717, 1.165) is 0 Å². The molecule has 72 valence electrons. The molecule has 0 aliphatic rings. The normalized spacial score (nSPS) is 10.1. The number of hydrogen-bond donors (Lipinski definition) is 2. The maximum atomic E-state index is 5.93. The number of aromatic amines is 1. The molecule has 0 aliphatic heterocycles. The van der Waals surface area contributed by atoms with Gasteiger partial charge in [0.2, 0.25) is 0 Å². The highest BCUT2D eigenvalue weighted by molar-refractivity contribution is 6.35. The van der Waals surface area contributed by atoms with E-state index in [4.69, 9.17) is 23.2 Å². The van der Waals surface area contributed by atoms with Gasteiger partial charge in [0.05, 0.1) is 16.9 Å². The van der Waals surface area contributed by atoms with Crippen molar-refractivity contribution in [3.05, 3.63) is 34.4 Å². The summed E-state index contributed by atoms with van der Waals surface area (Å²) in [4.78, 5) is 0. The van der Waals surface area contributed by atoms with Crippen LogP contribution in [-0.4, -0.2) is 15.4 Å². The number of rotatable bonds is 2. The highest BCUT2D eigenvalue weighted by Gasteiger charge is 2.02. The van der Waals surface area contributed by atoms with E-state index in [9.17, 15) is 0 Å². The van der Waals surface area contributed by atoms with Crippen LogP contribution in [0.15, 0.2) is 24.4 Å². The van der Waals surface area contributed by atoms with Gasteiger partial charge in [0.1, 0.15) is 0 Å². The minimum atomic E-state index is 0.581. The molecule has 1 aromatic carbocycles. The zero-order valence-corrected chi connectivity index (χ0v) is 8.47. The quantitative estimate of drug-likeness (QED) is 0.832. The first-order valence-electron chi connectivity index (χ1n) is 3.83. The van der Waals surface area contributed by atoms with Gasteiger partial charge in [-0.2, -0.15) is 10.3 Å². The van der Waals surface area contributed by atoms with Crippen molar-refractivity contribution in [2.24, 2.45) is 0 Å². The van der Waals surface area contributed by atoms with Crippen LogP contribution in [0.1, 0.15) is 0 Å². The van der Waals surface area contributed by atoms with E-state index in [1.54, 1.807) is 24.4 Å². The Kier molecular flexibility index (Phi) is 2.56. The van der Waals surface area contributed by atoms with Crippen molar-refractivity contribution < 1.29 is 0 Å². The fourth-order valence-electron chi connectivity index (χ4n) is 0.993. The van der Waals surface area contributed by atoms with Crippen molar-refractivity contribution in [3.63, 3.8) is 0 Å². The second-order valence-corrected chi connectivity index (χ2v) is 3.45. The average Bonchev–Trinajstić information content (AvgIpc) is 2.64. The predicted molar refractivity (Wildman–Crippen MR) is 56.1 cm³/mol. The van der Waals surface area contributed by atoms with Crippen molar-refractivity contribution in [3.8, 4) is 0 Å². The number of aromatic nitrogens is 3. The molecule has 4 nitrogen and oxygen atoms in total. The Balaban J connectivity index is 2.28. The second kappa shape index (κ2) is 3.86. The van der Waals surface area contributed by atoms with Crippen molar-refractivity contribution in [1.82, 2.24) is 15.4 Å². The summed E-state index contributed by atoms with van der Waals surface area (Å²) in [6.45, 7) is 0. The van der Waals surface area contributed by atoms with Gasteiger partial charge >= 0.3 is 0 Å². The van der Waals surface area contributed by atoms with Gasteiger partial charge in [-0.05, 0) is 18.2 Å². The lowest BCUT2D eigenvalue weighted by Gasteiger charge is -2.04. The molecule has 14 heavy (non-hydrogen) atoms. The number of H-pyrrole nitrogens is 1. The van der Waals surface area contributed by atoms with Gasteiger partial charge in [0.15, 0.2) is 5.82 Å². The predicted octanol–water partition coefficient (Wildman–Crippen LogP) is 2.86. The van der Waals surface area contributed by atoms with Gasteiger partial charge in [-0.3, -0.25) is 0 Å². The van der Waals surface area contributed by atoms with Crippen LogP contribution in [-0.2, 0) is 0 Å². The molecule has 1 heterocycles. The van der Waals surface area contributed by atoms with Crippen LogP contribution >= 0.6 is 23.2 Å². The molecular formula is C8H6Cl2N4. The van der Waals surface area contributed by atoms with Crippen molar-refractivity contribution >= 4 is 34.7 Å². The standard InChI is InChI=1S/C8H6Cl2N4/c9-5-1-2-6(10)7(3-5)12-8-4-11-14-13-8/h1-4H,(H2,11,12,13,14). The van der Waals surface area contributed by atoms with Crippen LogP contribution in [0.3, 0.4) is 0 Å². The third kappa shape index (κ3) is 1.97. The monoisotopic (exact) mass is 228 g/mol. The van der Waals surface area contributed by atoms with E-state index in [0.29, 0.717) is 21.6 Å². The molecule has 0 spiro atoms. The van der Waals surface area contributed by atoms with E-state index in [1.807, 2.05) is 0 Å². The number of halogens is 2. The van der Waals surface area contributed by atoms with E-state index in [1.165, 1.54) is 0 Å². The van der Waals surface area contributed by atoms with Gasteiger partial charge in [-0.25, -0.2) is 0 Å². The Morgan fingerprint density at radius 2 is 2.14 bits per heavy atom. The Labute approximate surface area is 90.2 Å². The smallest absolute Gasteiger partial charge is 0.172 e. The third-order valence-electron chi connectivity index (χ3n) is 1.61. The first-order chi connectivity index (χ1) is 6.75. The number of nitrogens with one attached hydrogen (secondary N) is 2. The largest absolute Gasteiger partial charge is 0.336 e. The second-order valence-electron chi connectivity index (χ2n) is 2.60. The molecule has 0 saturated carbocycles. The Morgan fingerprint density at radius 1 is 1.29 bits per heavy atom. The van der Waals surface area contributed by atoms with Crippen molar-refractivity contribution in [1.29, 1.82) is 0 Å². The van der Waals surface area contributed by atoms with E-state index >= 15 is 0 Å². The fourth-order valence-corrected chi connectivity index (χ4v) is 1.33. The number of benzene rings is 1. The molecule has 2 rings (SSSR count). The summed E-state index contributed by atoms with van der Waals surface area (Å²) in [5.41, 5.74) is 0.702. The van der Waals surface area contributed by atoms with Crippen LogP contribution in [0, 0.1) is 0 Å². The van der Waals surface area contributed by atoms with Crippen molar-refractivity contribution in [2.75, 3.05) is 5.32 Å². The minimum absolute atomic E-state index is 0.581. The van der Waals surface area contributed by atoms with Gasteiger partial charge < -0.3 is 5.32 Å². The first-order valence-corrected chi connectivity index (χ1v) is 4.59. The summed E-state index contributed by atoms with van der Waals surface area (Å²) >= 11 is 11.7. The van der Waals surface area contributed by atoms with E-state index < -0.39 is 0 Å². The molecule has 0 bridgehead atoms. The van der Waals surface area contributed by atoms with Crippen LogP contribution < -0.4 is 5.32 Å². The van der Waals surface area contributed by atoms with E-state index in [2.05, 4.69) is 20.7 Å². The SMILES string of the molecule is Clc1ccc(Cl)c(Nc2cn[nH]n2)c1. The molecule has 0 fully saturated rings. The molecular weight excluding hydrogens is 223 g/mol. The third-order valence-corrected chi connectivity index (χ3v) is 2.17. The molecule has 2 aromatic rings. The minimum Gasteiger partial charge on any atom is -0.336 e. The maximum Gasteiger partial charge on any atom is 0.172 e. The molecule has 6 heteroatoms. The fraction of sp³-hybridized carbons (Fsp3) is 0. The van der Waals surface area contributed by atoms with Crippen LogP contribution in [0.25, 0.3) is 0 Å². The highest BCUT2D eigenvalue weighted by Crippen LogP contribution is 2.27. The topological polar surface area (TPSA) is 53.6 Å². The number of hydrogen-bond acceptors (Lipinski definition) is 3. The summed E-state index contributed by atoms with van der Waals surface area (Å²) in [5.74, 6) is 0.592. The van der Waals surface area contributed by atoms with Crippen LogP contribution in [0.4, 0.5) is 11.5 Å². The lowest BCUT2D eigenvalue weighted by molar-refractivity contribution is 0.942.